The van der Waals surface area contributed by atoms with Gasteiger partial charge in [-0.2, -0.15) is 0 Å². The summed E-state index contributed by atoms with van der Waals surface area (Å²) >= 11 is 0. The zero-order valence-corrected chi connectivity index (χ0v) is 15.1. The number of nitrogens with one attached hydrogen (secondary N) is 1. The molecule has 1 saturated carbocycles. The van der Waals surface area contributed by atoms with Gasteiger partial charge in [-0.3, -0.25) is 14.6 Å². The zero-order valence-electron chi connectivity index (χ0n) is 15.1. The lowest BCUT2D eigenvalue weighted by Crippen LogP contribution is -2.41. The predicted octanol–water partition coefficient (Wildman–Crippen LogP) is 2.51. The number of hydrogen-bond donors (Lipinski definition) is 1. The molecule has 0 aliphatic heterocycles. The van der Waals surface area contributed by atoms with E-state index in [4.69, 9.17) is 4.74 Å². The van der Waals surface area contributed by atoms with E-state index in [1.807, 2.05) is 12.1 Å². The molecule has 1 aliphatic rings. The Balaban J connectivity index is 1.61. The number of hydrogen-bond acceptors (Lipinski definition) is 4. The van der Waals surface area contributed by atoms with Crippen LogP contribution in [-0.4, -0.2) is 42.4 Å². The highest BCUT2D eigenvalue weighted by molar-refractivity contribution is 6.13. The Bertz CT molecular complexity index is 788. The Labute approximate surface area is 153 Å². The van der Waals surface area contributed by atoms with Crippen LogP contribution < -0.4 is 10.1 Å². The van der Waals surface area contributed by atoms with E-state index in [0.29, 0.717) is 30.8 Å². The van der Waals surface area contributed by atoms with Crippen LogP contribution in [0.1, 0.15) is 18.4 Å². The minimum Gasteiger partial charge on any atom is -0.497 e. The van der Waals surface area contributed by atoms with Crippen molar-refractivity contribution in [1.29, 1.82) is 0 Å². The first-order valence-corrected chi connectivity index (χ1v) is 8.65. The fourth-order valence-corrected chi connectivity index (χ4v) is 2.93. The van der Waals surface area contributed by atoms with E-state index in [1.54, 1.807) is 55.7 Å². The molecule has 0 unspecified atom stereocenters. The highest BCUT2D eigenvalue weighted by Crippen LogP contribution is 2.48. The fourth-order valence-electron chi connectivity index (χ4n) is 2.93. The molecule has 3 rings (SSSR count). The Morgan fingerprint density at radius 3 is 2.62 bits per heavy atom. The molecular weight excluding hydrogens is 330 g/mol. The second-order valence-electron chi connectivity index (χ2n) is 6.60. The minimum absolute atomic E-state index is 0.119. The van der Waals surface area contributed by atoms with Crippen molar-refractivity contribution in [3.05, 3.63) is 54.4 Å². The van der Waals surface area contributed by atoms with Crippen LogP contribution in [0.4, 0.5) is 5.69 Å². The normalized spacial score (nSPS) is 14.4. The third kappa shape index (κ3) is 3.85. The number of anilines is 1. The van der Waals surface area contributed by atoms with Crippen LogP contribution in [0.15, 0.2) is 48.8 Å². The summed E-state index contributed by atoms with van der Waals surface area (Å²) in [6.45, 7) is 0.567. The third-order valence-corrected chi connectivity index (χ3v) is 4.75. The Hall–Kier alpha value is -2.89. The lowest BCUT2D eigenvalue weighted by molar-refractivity contribution is -0.141. The van der Waals surface area contributed by atoms with Gasteiger partial charge in [0.15, 0.2) is 0 Å². The maximum absolute atomic E-state index is 12.8. The molecule has 2 amide bonds. The van der Waals surface area contributed by atoms with Crippen LogP contribution in [0.5, 0.6) is 5.75 Å². The molecule has 6 heteroatoms. The SMILES string of the molecule is COc1cccc(NC(=O)C2(C(=O)N(C)CCc3ccncc3)CC2)c1. The summed E-state index contributed by atoms with van der Waals surface area (Å²) in [5.74, 6) is 0.298. The van der Waals surface area contributed by atoms with Gasteiger partial charge >= 0.3 is 0 Å². The minimum atomic E-state index is -0.934. The average Bonchev–Trinajstić information content (AvgIpc) is 3.48. The van der Waals surface area contributed by atoms with E-state index in [-0.39, 0.29) is 11.8 Å². The van der Waals surface area contributed by atoms with Crippen molar-refractivity contribution >= 4 is 17.5 Å². The van der Waals surface area contributed by atoms with Gasteiger partial charge in [-0.25, -0.2) is 0 Å². The fraction of sp³-hybridized carbons (Fsp3) is 0.350. The summed E-state index contributed by atoms with van der Waals surface area (Å²) in [5.41, 5.74) is 0.814. The number of benzene rings is 1. The second kappa shape index (κ2) is 7.56. The van der Waals surface area contributed by atoms with Gasteiger partial charge in [0.25, 0.3) is 0 Å². The van der Waals surface area contributed by atoms with Crippen molar-refractivity contribution < 1.29 is 14.3 Å². The van der Waals surface area contributed by atoms with E-state index < -0.39 is 5.41 Å². The van der Waals surface area contributed by atoms with Gasteiger partial charge in [0, 0.05) is 37.7 Å². The molecule has 2 aromatic rings. The van der Waals surface area contributed by atoms with Gasteiger partial charge in [-0.1, -0.05) is 6.07 Å². The average molecular weight is 353 g/mol. The van der Waals surface area contributed by atoms with E-state index in [1.165, 1.54) is 0 Å². The number of methoxy groups -OCH3 is 1. The maximum atomic E-state index is 12.8. The summed E-state index contributed by atoms with van der Waals surface area (Å²) in [7, 11) is 3.33. The van der Waals surface area contributed by atoms with Crippen molar-refractivity contribution in [3.63, 3.8) is 0 Å². The number of ether oxygens (including phenoxy) is 1. The number of likely N-dealkylation sites (N-methyl/N-ethyl adjacent to an activating group) is 1. The van der Waals surface area contributed by atoms with E-state index in [0.717, 1.165) is 12.0 Å². The Kier molecular flexibility index (Phi) is 5.21. The Morgan fingerprint density at radius 1 is 1.23 bits per heavy atom. The largest absolute Gasteiger partial charge is 0.497 e. The number of carbonyl (C=O) groups is 2. The molecule has 1 aliphatic carbocycles. The van der Waals surface area contributed by atoms with Crippen LogP contribution in [0.2, 0.25) is 0 Å². The van der Waals surface area contributed by atoms with Gasteiger partial charge in [0.1, 0.15) is 11.2 Å². The number of rotatable bonds is 7. The number of aromatic nitrogens is 1. The predicted molar refractivity (Wildman–Crippen MR) is 98.9 cm³/mol. The van der Waals surface area contributed by atoms with Gasteiger partial charge < -0.3 is 15.0 Å². The first-order chi connectivity index (χ1) is 12.5. The van der Waals surface area contributed by atoms with Crippen LogP contribution >= 0.6 is 0 Å². The molecule has 1 heterocycles. The van der Waals surface area contributed by atoms with Gasteiger partial charge in [0.2, 0.25) is 11.8 Å². The zero-order chi connectivity index (χ0) is 18.6. The third-order valence-electron chi connectivity index (χ3n) is 4.75. The van der Waals surface area contributed by atoms with Gasteiger partial charge in [0.05, 0.1) is 7.11 Å². The topological polar surface area (TPSA) is 71.5 Å². The number of amides is 2. The monoisotopic (exact) mass is 353 g/mol. The molecule has 1 N–H and O–H groups in total. The van der Waals surface area contributed by atoms with Crippen LogP contribution in [-0.2, 0) is 16.0 Å². The van der Waals surface area contributed by atoms with Crippen molar-refractivity contribution in [2.75, 3.05) is 26.0 Å². The molecule has 136 valence electrons. The summed E-state index contributed by atoms with van der Waals surface area (Å²) in [4.78, 5) is 31.2. The molecule has 26 heavy (non-hydrogen) atoms. The quantitative estimate of drug-likeness (QED) is 0.777. The lowest BCUT2D eigenvalue weighted by Gasteiger charge is -2.23. The number of carbonyl (C=O) groups excluding carboxylic acids is 2. The van der Waals surface area contributed by atoms with Crippen molar-refractivity contribution in [2.24, 2.45) is 5.41 Å². The van der Waals surface area contributed by atoms with Crippen LogP contribution in [0.25, 0.3) is 0 Å². The first-order valence-electron chi connectivity index (χ1n) is 8.65. The highest BCUT2D eigenvalue weighted by Gasteiger charge is 2.57. The molecule has 1 fully saturated rings. The molecular formula is C20H23N3O3. The van der Waals surface area contributed by atoms with Crippen molar-refractivity contribution in [1.82, 2.24) is 9.88 Å². The van der Waals surface area contributed by atoms with E-state index >= 15 is 0 Å². The van der Waals surface area contributed by atoms with Crippen molar-refractivity contribution in [3.8, 4) is 5.75 Å². The molecule has 1 aromatic heterocycles. The standard InChI is InChI=1S/C20H23N3O3/c1-23(13-8-15-6-11-21-12-7-15)19(25)20(9-10-20)18(24)22-16-4-3-5-17(14-16)26-2/h3-7,11-12,14H,8-10,13H2,1-2H3,(H,22,24). The second-order valence-corrected chi connectivity index (χ2v) is 6.60. The van der Waals surface area contributed by atoms with Crippen LogP contribution in [0, 0.1) is 5.41 Å². The maximum Gasteiger partial charge on any atom is 0.240 e. The molecule has 0 atom stereocenters. The molecule has 0 bridgehead atoms. The van der Waals surface area contributed by atoms with Gasteiger partial charge in [-0.05, 0) is 49.1 Å². The molecule has 1 aromatic carbocycles. The highest BCUT2D eigenvalue weighted by atomic mass is 16.5. The molecule has 0 saturated heterocycles. The number of pyridine rings is 1. The van der Waals surface area contributed by atoms with Crippen LogP contribution in [0.3, 0.4) is 0 Å². The van der Waals surface area contributed by atoms with Crippen molar-refractivity contribution in [2.45, 2.75) is 19.3 Å². The number of nitrogens with zero attached hydrogens (tertiary/aromatic N) is 2. The van der Waals surface area contributed by atoms with E-state index in [9.17, 15) is 9.59 Å². The summed E-state index contributed by atoms with van der Waals surface area (Å²) in [6, 6.07) is 11.0. The van der Waals surface area contributed by atoms with Gasteiger partial charge in [-0.15, -0.1) is 0 Å². The molecule has 0 radical (unpaired) electrons. The lowest BCUT2D eigenvalue weighted by atomic mass is 10.0. The summed E-state index contributed by atoms with van der Waals surface area (Å²) in [5, 5.41) is 2.85. The summed E-state index contributed by atoms with van der Waals surface area (Å²) < 4.78 is 5.17. The molecule has 0 spiro atoms. The smallest absolute Gasteiger partial charge is 0.240 e. The summed E-state index contributed by atoms with van der Waals surface area (Å²) in [6.07, 6.45) is 5.38. The van der Waals surface area contributed by atoms with E-state index in [2.05, 4.69) is 10.3 Å². The Morgan fingerprint density at radius 2 is 1.96 bits per heavy atom. The first kappa shape index (κ1) is 17.9. The molecule has 6 nitrogen and oxygen atoms in total.